The quantitative estimate of drug-likeness (QED) is 0.205. The molecule has 0 unspecified atom stereocenters. The predicted octanol–water partition coefficient (Wildman–Crippen LogP) is 0.665. The normalized spacial score (nSPS) is 10.5. The van der Waals surface area contributed by atoms with Crippen molar-refractivity contribution in [3.63, 3.8) is 0 Å². The lowest BCUT2D eigenvalue weighted by Crippen LogP contribution is -2.31. The zero-order valence-electron chi connectivity index (χ0n) is 6.55. The van der Waals surface area contributed by atoms with Gasteiger partial charge in [0.05, 0.1) is 0 Å². The lowest BCUT2D eigenvalue weighted by atomic mass is 10.1. The molecule has 0 aliphatic carbocycles. The van der Waals surface area contributed by atoms with Crippen molar-refractivity contribution in [1.82, 2.24) is 5.43 Å². The van der Waals surface area contributed by atoms with Crippen molar-refractivity contribution < 1.29 is 4.79 Å². The van der Waals surface area contributed by atoms with Crippen molar-refractivity contribution in [2.45, 2.75) is 6.92 Å². The zero-order chi connectivity index (χ0) is 8.85. The number of nitrogens with one attached hydrogen (secondary N) is 1. The molecule has 0 aliphatic heterocycles. The summed E-state index contributed by atoms with van der Waals surface area (Å²) in [5, 5.41) is 0. The first-order chi connectivity index (χ1) is 5.17. The summed E-state index contributed by atoms with van der Waals surface area (Å²) in [7, 11) is 0. The van der Waals surface area contributed by atoms with Gasteiger partial charge in [0.15, 0.2) is 0 Å². The number of hydrazine groups is 1. The molecule has 0 aromatic heterocycles. The highest BCUT2D eigenvalue weighted by Crippen LogP contribution is 2.07. The van der Waals surface area contributed by atoms with Crippen LogP contribution in [0.4, 0.5) is 0 Å². The Morgan fingerprint density at radius 2 is 2.18 bits per heavy atom. The van der Waals surface area contributed by atoms with Gasteiger partial charge in [-0.2, -0.15) is 0 Å². The van der Waals surface area contributed by atoms with Crippen LogP contribution in [0.1, 0.15) is 6.92 Å². The van der Waals surface area contributed by atoms with E-state index in [1.54, 1.807) is 13.0 Å². The van der Waals surface area contributed by atoms with Crippen molar-refractivity contribution in [3.05, 3.63) is 36.5 Å². The van der Waals surface area contributed by atoms with E-state index in [4.69, 9.17) is 5.84 Å². The molecule has 0 aromatic carbocycles. The molecule has 1 amide bonds. The van der Waals surface area contributed by atoms with E-state index in [1.165, 1.54) is 6.08 Å². The first-order valence-corrected chi connectivity index (χ1v) is 3.16. The number of rotatable bonds is 3. The fourth-order valence-electron chi connectivity index (χ4n) is 0.650. The topological polar surface area (TPSA) is 55.1 Å². The second-order valence-electron chi connectivity index (χ2n) is 1.91. The monoisotopic (exact) mass is 152 g/mol. The summed E-state index contributed by atoms with van der Waals surface area (Å²) < 4.78 is 0. The summed E-state index contributed by atoms with van der Waals surface area (Å²) in [6.07, 6.45) is 3.14. The van der Waals surface area contributed by atoms with E-state index in [0.29, 0.717) is 11.1 Å². The number of hydrogen-bond donors (Lipinski definition) is 2. The van der Waals surface area contributed by atoms with Crippen LogP contribution in [0, 0.1) is 0 Å². The molecule has 0 fully saturated rings. The molecule has 0 heterocycles. The second-order valence-corrected chi connectivity index (χ2v) is 1.91. The maximum Gasteiger partial charge on any atom is 0.265 e. The molecule has 3 heteroatoms. The summed E-state index contributed by atoms with van der Waals surface area (Å²) in [5.74, 6) is 4.58. The van der Waals surface area contributed by atoms with Gasteiger partial charge in [0.25, 0.3) is 5.91 Å². The Bertz CT molecular complexity index is 216. The first kappa shape index (κ1) is 9.65. The van der Waals surface area contributed by atoms with Gasteiger partial charge in [-0.25, -0.2) is 5.84 Å². The van der Waals surface area contributed by atoms with Crippen molar-refractivity contribution >= 4 is 5.91 Å². The van der Waals surface area contributed by atoms with Gasteiger partial charge in [0.1, 0.15) is 0 Å². The van der Waals surface area contributed by atoms with Crippen molar-refractivity contribution in [2.75, 3.05) is 0 Å². The van der Waals surface area contributed by atoms with Crippen LogP contribution >= 0.6 is 0 Å². The first-order valence-electron chi connectivity index (χ1n) is 3.16. The molecule has 0 saturated carbocycles. The highest BCUT2D eigenvalue weighted by atomic mass is 16.2. The number of amides is 1. The maximum atomic E-state index is 10.9. The Labute approximate surface area is 66.2 Å². The molecule has 0 aromatic rings. The standard InChI is InChI=1S/C8H12N2O/c1-4-6(3)7(5-2)8(11)10-9/h4-5H,1,3,9H2,2H3,(H,10,11)/b7-5+. The molecule has 0 atom stereocenters. The van der Waals surface area contributed by atoms with Crippen molar-refractivity contribution in [1.29, 1.82) is 0 Å². The van der Waals surface area contributed by atoms with E-state index in [1.807, 2.05) is 5.43 Å². The molecular formula is C8H12N2O. The smallest absolute Gasteiger partial charge is 0.265 e. The Kier molecular flexibility index (Phi) is 3.92. The average molecular weight is 152 g/mol. The summed E-state index contributed by atoms with van der Waals surface area (Å²) in [6.45, 7) is 8.83. The molecule has 11 heavy (non-hydrogen) atoms. The molecule has 0 radical (unpaired) electrons. The van der Waals surface area contributed by atoms with Gasteiger partial charge in [-0.3, -0.25) is 10.2 Å². The Morgan fingerprint density at radius 3 is 2.45 bits per heavy atom. The SMILES string of the molecule is C=CC(=C)/C(=C\C)C(=O)NN. The summed E-state index contributed by atoms with van der Waals surface area (Å²) in [6, 6.07) is 0. The molecule has 3 nitrogen and oxygen atoms in total. The third kappa shape index (κ3) is 2.39. The van der Waals surface area contributed by atoms with Gasteiger partial charge in [0.2, 0.25) is 0 Å². The predicted molar refractivity (Wildman–Crippen MR) is 45.4 cm³/mol. The van der Waals surface area contributed by atoms with Gasteiger partial charge in [-0.1, -0.05) is 25.3 Å². The number of nitrogens with two attached hydrogens (primary N) is 1. The molecule has 0 saturated heterocycles. The molecule has 0 spiro atoms. The summed E-state index contributed by atoms with van der Waals surface area (Å²) in [5.41, 5.74) is 3.03. The van der Waals surface area contributed by atoms with Gasteiger partial charge in [0, 0.05) is 5.57 Å². The van der Waals surface area contributed by atoms with E-state index in [0.717, 1.165) is 0 Å². The van der Waals surface area contributed by atoms with E-state index in [9.17, 15) is 4.79 Å². The second kappa shape index (κ2) is 4.46. The van der Waals surface area contributed by atoms with E-state index < -0.39 is 0 Å². The van der Waals surface area contributed by atoms with E-state index >= 15 is 0 Å². The molecule has 0 aliphatic rings. The Hall–Kier alpha value is -1.35. The minimum Gasteiger partial charge on any atom is -0.290 e. The lowest BCUT2D eigenvalue weighted by molar-refractivity contribution is -0.117. The fourth-order valence-corrected chi connectivity index (χ4v) is 0.650. The minimum absolute atomic E-state index is 0.350. The number of hydrogen-bond acceptors (Lipinski definition) is 2. The Morgan fingerprint density at radius 1 is 1.64 bits per heavy atom. The third-order valence-electron chi connectivity index (χ3n) is 1.26. The van der Waals surface area contributed by atoms with Crippen molar-refractivity contribution in [2.24, 2.45) is 5.84 Å². The third-order valence-corrected chi connectivity index (χ3v) is 1.26. The van der Waals surface area contributed by atoms with Crippen LogP contribution in [0.3, 0.4) is 0 Å². The van der Waals surface area contributed by atoms with Gasteiger partial charge < -0.3 is 0 Å². The number of carbonyl (C=O) groups excluding carboxylic acids is 1. The largest absolute Gasteiger partial charge is 0.290 e. The highest BCUT2D eigenvalue weighted by Gasteiger charge is 2.06. The molecule has 60 valence electrons. The summed E-state index contributed by atoms with van der Waals surface area (Å²) >= 11 is 0. The van der Waals surface area contributed by atoms with Crippen LogP contribution < -0.4 is 11.3 Å². The van der Waals surface area contributed by atoms with Crippen LogP contribution in [-0.4, -0.2) is 5.91 Å². The van der Waals surface area contributed by atoms with Crippen LogP contribution in [0.15, 0.2) is 36.5 Å². The van der Waals surface area contributed by atoms with Gasteiger partial charge in [-0.15, -0.1) is 0 Å². The average Bonchev–Trinajstić information content (AvgIpc) is 2.05. The summed E-state index contributed by atoms with van der Waals surface area (Å²) in [4.78, 5) is 10.9. The lowest BCUT2D eigenvalue weighted by Gasteiger charge is -2.03. The number of carbonyl (C=O) groups is 1. The zero-order valence-corrected chi connectivity index (χ0v) is 6.55. The van der Waals surface area contributed by atoms with Gasteiger partial charge in [-0.05, 0) is 12.5 Å². The van der Waals surface area contributed by atoms with E-state index in [-0.39, 0.29) is 5.91 Å². The molecule has 3 N–H and O–H groups in total. The van der Waals surface area contributed by atoms with Crippen LogP contribution in [0.5, 0.6) is 0 Å². The van der Waals surface area contributed by atoms with Crippen LogP contribution in [0.25, 0.3) is 0 Å². The Balaban J connectivity index is 4.56. The fraction of sp³-hybridized carbons (Fsp3) is 0.125. The van der Waals surface area contributed by atoms with Crippen molar-refractivity contribution in [3.8, 4) is 0 Å². The van der Waals surface area contributed by atoms with Gasteiger partial charge >= 0.3 is 0 Å². The number of allylic oxidation sites excluding steroid dienone is 2. The van der Waals surface area contributed by atoms with E-state index in [2.05, 4.69) is 13.2 Å². The maximum absolute atomic E-state index is 10.9. The minimum atomic E-state index is -0.350. The highest BCUT2D eigenvalue weighted by molar-refractivity contribution is 5.97. The van der Waals surface area contributed by atoms with Crippen LogP contribution in [-0.2, 0) is 4.79 Å². The van der Waals surface area contributed by atoms with Crippen LogP contribution in [0.2, 0.25) is 0 Å². The molecule has 0 bridgehead atoms. The molecular weight excluding hydrogens is 140 g/mol. The molecule has 0 rings (SSSR count).